The zero-order valence-electron chi connectivity index (χ0n) is 9.37. The first-order valence-corrected chi connectivity index (χ1v) is 5.52. The average molecular weight is 259 g/mol. The number of alkyl halides is 3. The van der Waals surface area contributed by atoms with Crippen molar-refractivity contribution in [2.75, 3.05) is 5.32 Å². The number of anilines is 1. The lowest BCUT2D eigenvalue weighted by molar-refractivity contribution is -0.195. The normalized spacial score (nSPS) is 20.1. The summed E-state index contributed by atoms with van der Waals surface area (Å²) in [4.78, 5) is 10.7. The van der Waals surface area contributed by atoms with Gasteiger partial charge in [-0.1, -0.05) is 18.2 Å². The summed E-state index contributed by atoms with van der Waals surface area (Å²) in [7, 11) is 0. The molecule has 0 saturated heterocycles. The molecule has 6 heteroatoms. The lowest BCUT2D eigenvalue weighted by Gasteiger charge is -2.20. The fraction of sp³-hybridized carbons (Fsp3) is 0.417. The first-order valence-electron chi connectivity index (χ1n) is 5.52. The van der Waals surface area contributed by atoms with E-state index in [1.165, 1.54) is 0 Å². The number of para-hydroxylation sites is 1. The summed E-state index contributed by atoms with van der Waals surface area (Å²) in [6, 6.07) is 6.71. The third-order valence-corrected chi connectivity index (χ3v) is 3.06. The van der Waals surface area contributed by atoms with Gasteiger partial charge in [-0.3, -0.25) is 4.79 Å². The highest BCUT2D eigenvalue weighted by Gasteiger charge is 2.46. The van der Waals surface area contributed by atoms with Gasteiger partial charge in [0.2, 0.25) is 0 Å². The molecule has 3 nitrogen and oxygen atoms in total. The molecule has 0 aliphatic carbocycles. The smallest absolute Gasteiger partial charge is 0.402 e. The van der Waals surface area contributed by atoms with Crippen LogP contribution < -0.4 is 5.32 Å². The maximum atomic E-state index is 12.5. The van der Waals surface area contributed by atoms with Gasteiger partial charge in [0.25, 0.3) is 0 Å². The molecule has 2 rings (SSSR count). The molecule has 0 bridgehead atoms. The Morgan fingerprint density at radius 1 is 1.44 bits per heavy atom. The Hall–Kier alpha value is -1.72. The minimum absolute atomic E-state index is 0.427. The summed E-state index contributed by atoms with van der Waals surface area (Å²) < 4.78 is 37.6. The first-order chi connectivity index (χ1) is 8.38. The predicted octanol–water partition coefficient (Wildman–Crippen LogP) is 2.68. The molecule has 2 atom stereocenters. The molecule has 1 aromatic rings. The van der Waals surface area contributed by atoms with Crippen molar-refractivity contribution < 1.29 is 23.1 Å². The molecule has 1 aliphatic rings. The Balaban J connectivity index is 2.06. The van der Waals surface area contributed by atoms with Crippen LogP contribution in [0.25, 0.3) is 0 Å². The minimum atomic E-state index is -4.71. The highest BCUT2D eigenvalue weighted by Crippen LogP contribution is 2.34. The SMILES string of the molecule is O=C(O)[C@H](C[C@@H]1Cc2ccccc2N1)C(F)(F)F. The molecular weight excluding hydrogens is 247 g/mol. The molecule has 0 amide bonds. The zero-order valence-corrected chi connectivity index (χ0v) is 9.37. The number of hydrogen-bond acceptors (Lipinski definition) is 2. The largest absolute Gasteiger partial charge is 0.481 e. The van der Waals surface area contributed by atoms with E-state index < -0.39 is 30.5 Å². The fourth-order valence-corrected chi connectivity index (χ4v) is 2.18. The Kier molecular flexibility index (Phi) is 3.19. The van der Waals surface area contributed by atoms with Crippen LogP contribution in [0.2, 0.25) is 0 Å². The summed E-state index contributed by atoms with van der Waals surface area (Å²) in [5.74, 6) is -4.13. The monoisotopic (exact) mass is 259 g/mol. The lowest BCUT2D eigenvalue weighted by Crippen LogP contribution is -2.35. The van der Waals surface area contributed by atoms with E-state index in [2.05, 4.69) is 5.32 Å². The molecule has 0 aromatic heterocycles. The number of fused-ring (bicyclic) bond motifs is 1. The standard InChI is InChI=1S/C12H12F3NO2/c13-12(14,15)9(11(17)18)6-8-5-7-3-1-2-4-10(7)16-8/h1-4,8-9,16H,5-6H2,(H,17,18)/t8-,9-/m0/s1. The summed E-state index contributed by atoms with van der Waals surface area (Å²) in [5, 5.41) is 11.6. The van der Waals surface area contributed by atoms with Gasteiger partial charge in [-0.15, -0.1) is 0 Å². The molecular formula is C12H12F3NO2. The maximum absolute atomic E-state index is 12.5. The number of carboxylic acids is 1. The number of benzene rings is 1. The van der Waals surface area contributed by atoms with Crippen LogP contribution in [0.1, 0.15) is 12.0 Å². The van der Waals surface area contributed by atoms with Crippen molar-refractivity contribution in [3.8, 4) is 0 Å². The number of halogens is 3. The van der Waals surface area contributed by atoms with E-state index in [-0.39, 0.29) is 0 Å². The van der Waals surface area contributed by atoms with Crippen LogP contribution in [0.5, 0.6) is 0 Å². The van der Waals surface area contributed by atoms with Crippen LogP contribution in [0, 0.1) is 5.92 Å². The predicted molar refractivity (Wildman–Crippen MR) is 59.4 cm³/mol. The van der Waals surface area contributed by atoms with Gasteiger partial charge in [0.05, 0.1) is 0 Å². The molecule has 1 heterocycles. The third kappa shape index (κ3) is 2.57. The molecule has 0 spiro atoms. The molecule has 98 valence electrons. The second-order valence-electron chi connectivity index (χ2n) is 4.37. The molecule has 18 heavy (non-hydrogen) atoms. The van der Waals surface area contributed by atoms with E-state index in [9.17, 15) is 18.0 Å². The van der Waals surface area contributed by atoms with Crippen LogP contribution in [0.15, 0.2) is 24.3 Å². The van der Waals surface area contributed by atoms with Gasteiger partial charge in [-0.25, -0.2) is 0 Å². The Labute approximate surface area is 102 Å². The Morgan fingerprint density at radius 3 is 2.67 bits per heavy atom. The van der Waals surface area contributed by atoms with E-state index in [1.54, 1.807) is 18.2 Å². The van der Waals surface area contributed by atoms with Gasteiger partial charge in [-0.2, -0.15) is 13.2 Å². The lowest BCUT2D eigenvalue weighted by atomic mass is 9.97. The van der Waals surface area contributed by atoms with Gasteiger partial charge < -0.3 is 10.4 Å². The highest BCUT2D eigenvalue weighted by molar-refractivity contribution is 5.71. The topological polar surface area (TPSA) is 49.3 Å². The van der Waals surface area contributed by atoms with Crippen molar-refractivity contribution in [2.24, 2.45) is 5.92 Å². The van der Waals surface area contributed by atoms with Crippen LogP contribution in [-0.4, -0.2) is 23.3 Å². The van der Waals surface area contributed by atoms with Gasteiger partial charge in [0, 0.05) is 11.7 Å². The Morgan fingerprint density at radius 2 is 2.11 bits per heavy atom. The summed E-state index contributed by atoms with van der Waals surface area (Å²) in [6.07, 6.45) is -4.73. The van der Waals surface area contributed by atoms with Gasteiger partial charge in [0.1, 0.15) is 0 Å². The van der Waals surface area contributed by atoms with Crippen molar-refractivity contribution in [3.63, 3.8) is 0 Å². The third-order valence-electron chi connectivity index (χ3n) is 3.06. The first kappa shape index (κ1) is 12.7. The molecule has 2 N–H and O–H groups in total. The fourth-order valence-electron chi connectivity index (χ4n) is 2.18. The second-order valence-corrected chi connectivity index (χ2v) is 4.37. The average Bonchev–Trinajstić information content (AvgIpc) is 2.66. The maximum Gasteiger partial charge on any atom is 0.402 e. The van der Waals surface area contributed by atoms with E-state index in [1.807, 2.05) is 6.07 Å². The highest BCUT2D eigenvalue weighted by atomic mass is 19.4. The van der Waals surface area contributed by atoms with E-state index in [0.717, 1.165) is 11.3 Å². The summed E-state index contributed by atoms with van der Waals surface area (Å²) in [6.45, 7) is 0. The molecule has 0 unspecified atom stereocenters. The van der Waals surface area contributed by atoms with Crippen molar-refractivity contribution in [1.82, 2.24) is 0 Å². The van der Waals surface area contributed by atoms with Gasteiger partial charge in [-0.05, 0) is 24.5 Å². The number of rotatable bonds is 3. The number of aliphatic carboxylic acids is 1. The van der Waals surface area contributed by atoms with Crippen molar-refractivity contribution in [3.05, 3.63) is 29.8 Å². The van der Waals surface area contributed by atoms with Crippen molar-refractivity contribution in [1.29, 1.82) is 0 Å². The van der Waals surface area contributed by atoms with Gasteiger partial charge in [0.15, 0.2) is 5.92 Å². The van der Waals surface area contributed by atoms with Crippen molar-refractivity contribution >= 4 is 11.7 Å². The summed E-state index contributed by atoms with van der Waals surface area (Å²) in [5.41, 5.74) is 1.71. The molecule has 0 radical (unpaired) electrons. The number of hydrogen-bond donors (Lipinski definition) is 2. The molecule has 0 fully saturated rings. The minimum Gasteiger partial charge on any atom is -0.481 e. The molecule has 1 aliphatic heterocycles. The zero-order chi connectivity index (χ0) is 13.3. The number of nitrogens with one attached hydrogen (secondary N) is 1. The van der Waals surface area contributed by atoms with Crippen LogP contribution in [0.3, 0.4) is 0 Å². The van der Waals surface area contributed by atoms with Crippen LogP contribution in [0.4, 0.5) is 18.9 Å². The van der Waals surface area contributed by atoms with E-state index in [0.29, 0.717) is 6.42 Å². The number of carbonyl (C=O) groups is 1. The van der Waals surface area contributed by atoms with Crippen LogP contribution in [-0.2, 0) is 11.2 Å². The quantitative estimate of drug-likeness (QED) is 0.877. The summed E-state index contributed by atoms with van der Waals surface area (Å²) >= 11 is 0. The van der Waals surface area contributed by atoms with Crippen molar-refractivity contribution in [2.45, 2.75) is 25.1 Å². The number of carboxylic acid groups (broad SMARTS) is 1. The van der Waals surface area contributed by atoms with E-state index >= 15 is 0 Å². The Bertz CT molecular complexity index is 434. The second kappa shape index (κ2) is 4.51. The van der Waals surface area contributed by atoms with Gasteiger partial charge >= 0.3 is 12.1 Å². The van der Waals surface area contributed by atoms with Crippen LogP contribution >= 0.6 is 0 Å². The molecule has 0 saturated carbocycles. The van der Waals surface area contributed by atoms with E-state index in [4.69, 9.17) is 5.11 Å². The molecule has 1 aromatic carbocycles.